The van der Waals surface area contributed by atoms with Gasteiger partial charge in [-0.15, -0.1) is 0 Å². The summed E-state index contributed by atoms with van der Waals surface area (Å²) in [6, 6.07) is 22.8. The number of aromatic nitrogens is 1. The number of rotatable bonds is 4. The fourth-order valence-corrected chi connectivity index (χ4v) is 5.45. The normalized spacial score (nSPS) is 11.6. The molecule has 3 aromatic rings. The lowest BCUT2D eigenvalue weighted by Crippen LogP contribution is -2.13. The van der Waals surface area contributed by atoms with Gasteiger partial charge in [-0.3, -0.25) is 4.98 Å². The molecular formula is C19H16NPS. The molecule has 0 bridgehead atoms. The highest BCUT2D eigenvalue weighted by Gasteiger charge is 2.18. The molecule has 0 spiro atoms. The summed E-state index contributed by atoms with van der Waals surface area (Å²) in [6.45, 7) is 0. The predicted octanol–water partition coefficient (Wildman–Crippen LogP) is 4.18. The van der Waals surface area contributed by atoms with E-state index in [9.17, 15) is 0 Å². The third-order valence-corrected chi connectivity index (χ3v) is 7.77. The van der Waals surface area contributed by atoms with Crippen LogP contribution in [0.3, 0.4) is 0 Å². The van der Waals surface area contributed by atoms with Gasteiger partial charge in [-0.05, 0) is 28.1 Å². The van der Waals surface area contributed by atoms with Crippen LogP contribution in [0.2, 0.25) is 0 Å². The van der Waals surface area contributed by atoms with Crippen molar-refractivity contribution < 1.29 is 0 Å². The zero-order chi connectivity index (χ0) is 15.3. The van der Waals surface area contributed by atoms with Gasteiger partial charge < -0.3 is 0 Å². The van der Waals surface area contributed by atoms with E-state index < -0.39 is 6.04 Å². The maximum atomic E-state index is 6.14. The van der Waals surface area contributed by atoms with Crippen LogP contribution in [-0.4, -0.2) is 4.98 Å². The summed E-state index contributed by atoms with van der Waals surface area (Å²) in [5, 5.41) is 2.41. The molecule has 1 aromatic heterocycles. The van der Waals surface area contributed by atoms with Crippen molar-refractivity contribution in [2.75, 3.05) is 0 Å². The highest BCUT2D eigenvalue weighted by Crippen LogP contribution is 2.45. The van der Waals surface area contributed by atoms with E-state index in [0.29, 0.717) is 0 Å². The second-order valence-electron chi connectivity index (χ2n) is 4.93. The third kappa shape index (κ3) is 3.24. The minimum absolute atomic E-state index is 1.07. The van der Waals surface area contributed by atoms with Crippen LogP contribution in [0.4, 0.5) is 0 Å². The Labute approximate surface area is 136 Å². The monoisotopic (exact) mass is 321 g/mol. The van der Waals surface area contributed by atoms with Gasteiger partial charge in [0.2, 0.25) is 0 Å². The van der Waals surface area contributed by atoms with Gasteiger partial charge in [0.15, 0.2) is 0 Å². The van der Waals surface area contributed by atoms with Crippen molar-refractivity contribution in [1.82, 2.24) is 4.98 Å². The second-order valence-corrected chi connectivity index (χ2v) is 9.31. The minimum Gasteiger partial charge on any atom is -0.264 e. The van der Waals surface area contributed by atoms with Crippen molar-refractivity contribution in [3.05, 3.63) is 96.6 Å². The molecule has 0 unspecified atom stereocenters. The summed E-state index contributed by atoms with van der Waals surface area (Å²) in [5.74, 6) is 2.18. The molecule has 0 fully saturated rings. The highest BCUT2D eigenvalue weighted by atomic mass is 32.4. The SMILES string of the molecule is S=P(/C=C/c1cccnc1)(c1ccccc1)c1ccccc1. The van der Waals surface area contributed by atoms with Crippen LogP contribution in [-0.2, 0) is 11.8 Å². The zero-order valence-electron chi connectivity index (χ0n) is 12.0. The van der Waals surface area contributed by atoms with Crippen LogP contribution in [0.1, 0.15) is 5.56 Å². The van der Waals surface area contributed by atoms with E-state index >= 15 is 0 Å². The second kappa shape index (κ2) is 6.83. The lowest BCUT2D eigenvalue weighted by Gasteiger charge is -2.19. The molecule has 1 heterocycles. The Morgan fingerprint density at radius 1 is 0.773 bits per heavy atom. The predicted molar refractivity (Wildman–Crippen MR) is 99.7 cm³/mol. The maximum Gasteiger partial charge on any atom is 0.0340 e. The first-order valence-electron chi connectivity index (χ1n) is 7.09. The summed E-state index contributed by atoms with van der Waals surface area (Å²) in [7, 11) is 0. The minimum atomic E-state index is -1.96. The Kier molecular flexibility index (Phi) is 4.62. The third-order valence-electron chi connectivity index (χ3n) is 3.44. The van der Waals surface area contributed by atoms with Gasteiger partial charge in [-0.2, -0.15) is 0 Å². The molecule has 0 N–H and O–H groups in total. The first kappa shape index (κ1) is 14.9. The molecule has 3 heteroatoms. The first-order chi connectivity index (χ1) is 10.8. The van der Waals surface area contributed by atoms with E-state index in [1.165, 1.54) is 10.6 Å². The van der Waals surface area contributed by atoms with E-state index in [4.69, 9.17) is 11.8 Å². The topological polar surface area (TPSA) is 12.9 Å². The van der Waals surface area contributed by atoms with Crippen molar-refractivity contribution >= 4 is 34.5 Å². The molecule has 3 rings (SSSR count). The van der Waals surface area contributed by atoms with Gasteiger partial charge in [0.1, 0.15) is 0 Å². The van der Waals surface area contributed by atoms with E-state index in [1.54, 1.807) is 6.20 Å². The van der Waals surface area contributed by atoms with Crippen LogP contribution in [0.5, 0.6) is 0 Å². The van der Waals surface area contributed by atoms with E-state index in [1.807, 2.05) is 30.5 Å². The summed E-state index contributed by atoms with van der Waals surface area (Å²) >= 11 is 6.14. The Morgan fingerprint density at radius 2 is 1.36 bits per heavy atom. The number of hydrogen-bond donors (Lipinski definition) is 0. The molecule has 1 nitrogen and oxygen atoms in total. The van der Waals surface area contributed by atoms with Gasteiger partial charge >= 0.3 is 0 Å². The van der Waals surface area contributed by atoms with Crippen molar-refractivity contribution in [2.24, 2.45) is 0 Å². The first-order valence-corrected chi connectivity index (χ1v) is 9.96. The molecule has 108 valence electrons. The summed E-state index contributed by atoms with van der Waals surface area (Å²) in [4.78, 5) is 4.16. The average Bonchev–Trinajstić information content (AvgIpc) is 2.62. The molecule has 0 aliphatic carbocycles. The zero-order valence-corrected chi connectivity index (χ0v) is 13.8. The van der Waals surface area contributed by atoms with Crippen molar-refractivity contribution in [2.45, 2.75) is 0 Å². The molecule has 2 aromatic carbocycles. The van der Waals surface area contributed by atoms with Crippen LogP contribution in [0, 0.1) is 0 Å². The van der Waals surface area contributed by atoms with E-state index in [-0.39, 0.29) is 0 Å². The number of pyridine rings is 1. The Bertz CT molecular complexity index is 755. The fourth-order valence-electron chi connectivity index (χ4n) is 2.29. The van der Waals surface area contributed by atoms with Gasteiger partial charge in [0.25, 0.3) is 0 Å². The Morgan fingerprint density at radius 3 is 1.86 bits per heavy atom. The van der Waals surface area contributed by atoms with Gasteiger partial charge in [-0.1, -0.05) is 84.6 Å². The lowest BCUT2D eigenvalue weighted by atomic mass is 10.3. The fraction of sp³-hybridized carbons (Fsp3) is 0. The largest absolute Gasteiger partial charge is 0.264 e. The van der Waals surface area contributed by atoms with Crippen LogP contribution >= 0.6 is 6.04 Å². The van der Waals surface area contributed by atoms with Crippen LogP contribution in [0.15, 0.2) is 91.0 Å². The number of benzene rings is 2. The van der Waals surface area contributed by atoms with Gasteiger partial charge in [-0.25, -0.2) is 0 Å². The molecule has 0 saturated carbocycles. The van der Waals surface area contributed by atoms with E-state index in [2.05, 4.69) is 65.4 Å². The van der Waals surface area contributed by atoms with Crippen molar-refractivity contribution in [3.63, 3.8) is 0 Å². The molecule has 0 radical (unpaired) electrons. The summed E-state index contributed by atoms with van der Waals surface area (Å²) in [5.41, 5.74) is 1.07. The number of nitrogens with zero attached hydrogens (tertiary/aromatic N) is 1. The Balaban J connectivity index is 2.09. The van der Waals surface area contributed by atoms with Gasteiger partial charge in [0.05, 0.1) is 0 Å². The smallest absolute Gasteiger partial charge is 0.0340 e. The quantitative estimate of drug-likeness (QED) is 0.669. The van der Waals surface area contributed by atoms with Crippen LogP contribution in [0.25, 0.3) is 6.08 Å². The van der Waals surface area contributed by atoms with Gasteiger partial charge in [0, 0.05) is 18.4 Å². The lowest BCUT2D eigenvalue weighted by molar-refractivity contribution is 1.32. The number of hydrogen-bond acceptors (Lipinski definition) is 2. The summed E-state index contributed by atoms with van der Waals surface area (Å²) < 4.78 is 0. The molecule has 0 saturated heterocycles. The molecule has 0 atom stereocenters. The summed E-state index contributed by atoms with van der Waals surface area (Å²) in [6.07, 6.45) is 5.72. The highest BCUT2D eigenvalue weighted by molar-refractivity contribution is 8.23. The molecule has 0 aliphatic rings. The Hall–Kier alpha value is -2.02. The standard InChI is InChI=1S/C19H16NPS/c22-21(18-9-3-1-4-10-18,19-11-5-2-6-12-19)15-13-17-8-7-14-20-16-17/h1-16H/b15-13+. The maximum absolute atomic E-state index is 6.14. The average molecular weight is 321 g/mol. The van der Waals surface area contributed by atoms with Crippen molar-refractivity contribution in [3.8, 4) is 0 Å². The molecule has 22 heavy (non-hydrogen) atoms. The molecule has 0 amide bonds. The van der Waals surface area contributed by atoms with Crippen LogP contribution < -0.4 is 10.6 Å². The van der Waals surface area contributed by atoms with Crippen molar-refractivity contribution in [1.29, 1.82) is 0 Å². The molecular weight excluding hydrogens is 305 g/mol. The van der Waals surface area contributed by atoms with E-state index in [0.717, 1.165) is 5.56 Å². The molecule has 0 aliphatic heterocycles.